The summed E-state index contributed by atoms with van der Waals surface area (Å²) in [5.41, 5.74) is -0.779. The van der Waals surface area contributed by atoms with E-state index in [1.807, 2.05) is 0 Å². The largest absolute Gasteiger partial charge is 0.465 e. The van der Waals surface area contributed by atoms with Crippen molar-refractivity contribution in [3.63, 3.8) is 0 Å². The molecule has 0 bridgehead atoms. The van der Waals surface area contributed by atoms with Crippen LogP contribution in [0.3, 0.4) is 0 Å². The third-order valence-electron chi connectivity index (χ3n) is 9.89. The molecule has 4 aromatic carbocycles. The lowest BCUT2D eigenvalue weighted by atomic mass is 10.1. The minimum absolute atomic E-state index is 0. The Morgan fingerprint density at radius 2 is 1.00 bits per heavy atom. The van der Waals surface area contributed by atoms with Crippen LogP contribution < -0.4 is 0 Å². The van der Waals surface area contributed by atoms with Gasteiger partial charge in [0.25, 0.3) is 17.8 Å². The zero-order valence-corrected chi connectivity index (χ0v) is 32.9. The van der Waals surface area contributed by atoms with E-state index in [1.165, 1.54) is 79.4 Å². The molecular formula is C46H41F8N9O4. The lowest BCUT2D eigenvalue weighted by Crippen LogP contribution is -2.40. The highest BCUT2D eigenvalue weighted by Gasteiger charge is 2.39. The quantitative estimate of drug-likeness (QED) is 0.117. The monoisotopic (exact) mass is 935 g/mol. The molecule has 1 aliphatic heterocycles. The van der Waals surface area contributed by atoms with Gasteiger partial charge in [0.1, 0.15) is 11.6 Å². The molecule has 21 heteroatoms. The Balaban J connectivity index is 0.000000242. The third-order valence-corrected chi connectivity index (χ3v) is 9.89. The van der Waals surface area contributed by atoms with Crippen molar-refractivity contribution in [2.24, 2.45) is 0 Å². The number of hydrogen-bond acceptors (Lipinski definition) is 10. The topological polar surface area (TPSA) is 143 Å². The molecule has 13 nitrogen and oxygen atoms in total. The molecule has 0 aliphatic carbocycles. The van der Waals surface area contributed by atoms with Crippen LogP contribution in [0.2, 0.25) is 0 Å². The second kappa shape index (κ2) is 20.2. The fourth-order valence-corrected chi connectivity index (χ4v) is 6.81. The molecule has 8 aromatic rings. The maximum absolute atomic E-state index is 14.1. The van der Waals surface area contributed by atoms with Gasteiger partial charge in [-0.3, -0.25) is 4.79 Å². The first-order chi connectivity index (χ1) is 30.6. The highest BCUT2D eigenvalue weighted by atomic mass is 19.4. The number of fused-ring (bicyclic) bond motifs is 2. The van der Waals surface area contributed by atoms with E-state index < -0.39 is 41.3 Å². The van der Waals surface area contributed by atoms with Gasteiger partial charge in [-0.2, -0.15) is 45.9 Å². The van der Waals surface area contributed by atoms with E-state index in [1.54, 1.807) is 29.2 Å². The Labute approximate surface area is 377 Å². The van der Waals surface area contributed by atoms with Crippen LogP contribution in [0.5, 0.6) is 0 Å². The number of carbonyl (C=O) groups is 2. The summed E-state index contributed by atoms with van der Waals surface area (Å²) >= 11 is 0. The molecule has 0 unspecified atom stereocenters. The van der Waals surface area contributed by atoms with Crippen molar-refractivity contribution in [3.05, 3.63) is 144 Å². The second-order valence-electron chi connectivity index (χ2n) is 13.9. The molecule has 1 amide bonds. The van der Waals surface area contributed by atoms with Gasteiger partial charge in [-0.05, 0) is 48.5 Å². The second-order valence-corrected chi connectivity index (χ2v) is 13.9. The molecule has 0 saturated carbocycles. The number of amides is 1. The van der Waals surface area contributed by atoms with Crippen LogP contribution in [0.4, 0.5) is 35.1 Å². The molecule has 350 valence electrons. The molecular weight excluding hydrogens is 895 g/mol. The fourth-order valence-electron chi connectivity index (χ4n) is 6.81. The van der Waals surface area contributed by atoms with Gasteiger partial charge in [-0.1, -0.05) is 58.7 Å². The first-order valence-corrected chi connectivity index (χ1v) is 18.9. The number of hydrogen-bond donors (Lipinski definition) is 0. The minimum Gasteiger partial charge on any atom is -0.465 e. The van der Waals surface area contributed by atoms with Crippen LogP contribution in [-0.2, 0) is 21.8 Å². The smallest absolute Gasteiger partial charge is 0.435 e. The van der Waals surface area contributed by atoms with Crippen molar-refractivity contribution in [2.75, 3.05) is 33.4 Å². The number of ether oxygens (including phenoxy) is 2. The summed E-state index contributed by atoms with van der Waals surface area (Å²) in [6, 6.07) is 19.5. The molecule has 5 heterocycles. The van der Waals surface area contributed by atoms with Gasteiger partial charge in [0.05, 0.1) is 36.9 Å². The first kappa shape index (κ1) is 50.3. The van der Waals surface area contributed by atoms with Crippen LogP contribution in [0, 0.1) is 11.6 Å². The van der Waals surface area contributed by atoms with Crippen molar-refractivity contribution in [2.45, 2.75) is 34.6 Å². The van der Waals surface area contributed by atoms with Crippen molar-refractivity contribution >= 4 is 33.7 Å². The van der Waals surface area contributed by atoms with E-state index in [4.69, 9.17) is 4.74 Å². The summed E-state index contributed by atoms with van der Waals surface area (Å²) in [6.45, 7) is 1.58. The maximum atomic E-state index is 14.1. The molecule has 0 spiro atoms. The Bertz CT molecular complexity index is 3020. The van der Waals surface area contributed by atoms with Gasteiger partial charge in [-0.15, -0.1) is 0 Å². The number of rotatable bonds is 6. The van der Waals surface area contributed by atoms with Crippen LogP contribution in [0.25, 0.3) is 56.0 Å². The molecule has 1 saturated heterocycles. The van der Waals surface area contributed by atoms with Crippen LogP contribution in [-0.4, -0.2) is 89.7 Å². The van der Waals surface area contributed by atoms with E-state index in [-0.39, 0.29) is 84.1 Å². The molecule has 1 fully saturated rings. The van der Waals surface area contributed by atoms with Gasteiger partial charge in [0, 0.05) is 76.5 Å². The average molecular weight is 936 g/mol. The molecule has 0 radical (unpaired) electrons. The molecule has 4 aromatic heterocycles. The number of alkyl halides is 6. The zero-order valence-electron chi connectivity index (χ0n) is 32.9. The summed E-state index contributed by atoms with van der Waals surface area (Å²) in [7, 11) is 1.16. The highest BCUT2D eigenvalue weighted by molar-refractivity contribution is 5.99. The SMILES string of the molecule is C.C.C.COC(=O)c1ccc2c(C(F)(F)F)nn(-c3ncc(-c4ccccc4F)cn3)c2c1.O=C(c1ccc2c(C(F)(F)F)nn(-c3ncc(-c4ccccc4F)cn3)c2c1)N1CCOCC1. The average Bonchev–Trinajstić information content (AvgIpc) is 3.89. The zero-order chi connectivity index (χ0) is 45.3. The normalized spacial score (nSPS) is 12.6. The molecule has 0 atom stereocenters. The van der Waals surface area contributed by atoms with Crippen molar-refractivity contribution in [3.8, 4) is 34.2 Å². The van der Waals surface area contributed by atoms with E-state index in [0.717, 1.165) is 22.5 Å². The summed E-state index contributed by atoms with van der Waals surface area (Å²) in [4.78, 5) is 42.6. The summed E-state index contributed by atoms with van der Waals surface area (Å²) < 4.78 is 121. The van der Waals surface area contributed by atoms with E-state index in [9.17, 15) is 44.7 Å². The number of benzene rings is 4. The fraction of sp³-hybridized carbons (Fsp3) is 0.217. The highest BCUT2D eigenvalue weighted by Crippen LogP contribution is 2.37. The minimum atomic E-state index is -4.73. The van der Waals surface area contributed by atoms with Gasteiger partial charge in [0.15, 0.2) is 11.4 Å². The van der Waals surface area contributed by atoms with E-state index in [0.29, 0.717) is 37.4 Å². The molecule has 0 N–H and O–H groups in total. The number of aromatic nitrogens is 8. The Morgan fingerprint density at radius 1 is 0.597 bits per heavy atom. The van der Waals surface area contributed by atoms with E-state index >= 15 is 0 Å². The predicted molar refractivity (Wildman–Crippen MR) is 232 cm³/mol. The predicted octanol–water partition coefficient (Wildman–Crippen LogP) is 10.4. The number of methoxy groups -OCH3 is 1. The van der Waals surface area contributed by atoms with Crippen molar-refractivity contribution in [1.29, 1.82) is 0 Å². The van der Waals surface area contributed by atoms with Gasteiger partial charge in [0.2, 0.25) is 0 Å². The maximum Gasteiger partial charge on any atom is 0.435 e. The molecule has 9 rings (SSSR count). The molecule has 1 aliphatic rings. The summed E-state index contributed by atoms with van der Waals surface area (Å²) in [5, 5.41) is 6.92. The van der Waals surface area contributed by atoms with Gasteiger partial charge in [-0.25, -0.2) is 33.5 Å². The summed E-state index contributed by atoms with van der Waals surface area (Å²) in [5.74, 6) is -2.31. The Morgan fingerprint density at radius 3 is 1.40 bits per heavy atom. The van der Waals surface area contributed by atoms with Gasteiger partial charge >= 0.3 is 18.3 Å². The van der Waals surface area contributed by atoms with Crippen LogP contribution >= 0.6 is 0 Å². The Kier molecular flexibility index (Phi) is 15.2. The van der Waals surface area contributed by atoms with Crippen LogP contribution in [0.15, 0.2) is 110 Å². The first-order valence-electron chi connectivity index (χ1n) is 18.9. The number of halogens is 8. The van der Waals surface area contributed by atoms with Crippen molar-refractivity contribution < 1.29 is 54.2 Å². The summed E-state index contributed by atoms with van der Waals surface area (Å²) in [6.07, 6.45) is -4.28. The standard InChI is InChI=1S/C23H17F4N5O2.C20H12F4N4O2.3CH4/c24-18-4-2-1-3-16(18)15-12-28-22(29-13-15)32-19-11-14(21(33)31-7-9-34-10-8-31)5-6-17(19)20(30-32)23(25,26)27;1-30-18(29)11-6-7-14-16(8-11)28(27-17(14)20(22,23)24)19-25-9-12(10-26-19)13-4-2-3-5-15(13)21;;;/h1-6,11-13H,7-10H2;2-10H,1H3;3*1H4. The lowest BCUT2D eigenvalue weighted by Gasteiger charge is -2.26. The molecule has 67 heavy (non-hydrogen) atoms. The van der Waals surface area contributed by atoms with Crippen molar-refractivity contribution in [1.82, 2.24) is 44.4 Å². The number of carbonyl (C=O) groups excluding carboxylic acids is 2. The van der Waals surface area contributed by atoms with E-state index in [2.05, 4.69) is 34.9 Å². The van der Waals surface area contributed by atoms with Crippen LogP contribution in [0.1, 0.15) is 54.4 Å². The number of nitrogens with zero attached hydrogens (tertiary/aromatic N) is 9. The lowest BCUT2D eigenvalue weighted by molar-refractivity contribution is -0.140. The van der Waals surface area contributed by atoms with Gasteiger partial charge < -0.3 is 14.4 Å². The third kappa shape index (κ3) is 10.3. The number of morpholine rings is 1. The number of esters is 1. The Hall–Kier alpha value is -7.68.